The minimum Gasteiger partial charge on any atom is -0.487 e. The zero-order chi connectivity index (χ0) is 26.6. The molecule has 12 heteroatoms. The van der Waals surface area contributed by atoms with Crippen molar-refractivity contribution in [3.05, 3.63) is 92.7 Å². The number of hydrogen-bond acceptors (Lipinski definition) is 7. The maximum absolute atomic E-state index is 13.1. The van der Waals surface area contributed by atoms with Crippen molar-refractivity contribution < 1.29 is 31.6 Å². The highest BCUT2D eigenvalue weighted by Gasteiger charge is 2.31. The first-order valence-corrected chi connectivity index (χ1v) is 11.0. The zero-order valence-electron chi connectivity index (χ0n) is 19.8. The fourth-order valence-electron chi connectivity index (χ4n) is 3.31. The summed E-state index contributed by atoms with van der Waals surface area (Å²) in [5.41, 5.74) is 2.10. The van der Waals surface area contributed by atoms with Gasteiger partial charge in [-0.25, -0.2) is 23.9 Å². The van der Waals surface area contributed by atoms with Crippen LogP contribution in [0.1, 0.15) is 23.9 Å². The van der Waals surface area contributed by atoms with Crippen LogP contribution in [0.5, 0.6) is 11.5 Å². The van der Waals surface area contributed by atoms with Crippen LogP contribution in [0.3, 0.4) is 0 Å². The highest BCUT2D eigenvalue weighted by molar-refractivity contribution is 5.64. The van der Waals surface area contributed by atoms with Crippen molar-refractivity contribution in [1.29, 1.82) is 0 Å². The summed E-state index contributed by atoms with van der Waals surface area (Å²) < 4.78 is 59.9. The monoisotopic (exact) mass is 517 g/mol. The smallest absolute Gasteiger partial charge is 0.440 e. The number of aryl methyl sites for hydroxylation is 1. The number of nitrogens with one attached hydrogen (secondary N) is 1. The molecule has 2 heterocycles. The number of halogens is 3. The third-order valence-corrected chi connectivity index (χ3v) is 5.27. The molecule has 4 aromatic rings. The number of benzene rings is 2. The molecule has 2 aromatic carbocycles. The van der Waals surface area contributed by atoms with Crippen LogP contribution in [0.4, 0.5) is 13.2 Å². The lowest BCUT2D eigenvalue weighted by molar-refractivity contribution is -0.186. The first-order valence-electron chi connectivity index (χ1n) is 11.0. The summed E-state index contributed by atoms with van der Waals surface area (Å²) in [6.07, 6.45) is -2.16. The van der Waals surface area contributed by atoms with E-state index in [1.54, 1.807) is 19.1 Å². The van der Waals surface area contributed by atoms with Gasteiger partial charge in [-0.2, -0.15) is 8.78 Å². The number of ether oxygens (including phenoxy) is 2. The van der Waals surface area contributed by atoms with E-state index in [0.717, 1.165) is 15.9 Å². The molecule has 0 spiro atoms. The second-order valence-electron chi connectivity index (χ2n) is 7.99. The summed E-state index contributed by atoms with van der Waals surface area (Å²) >= 11 is 0. The van der Waals surface area contributed by atoms with E-state index in [0.29, 0.717) is 22.8 Å². The third-order valence-electron chi connectivity index (χ3n) is 5.27. The van der Waals surface area contributed by atoms with Crippen LogP contribution in [0.25, 0.3) is 17.0 Å². The minimum atomic E-state index is -3.89. The van der Waals surface area contributed by atoms with Crippen LogP contribution in [0.2, 0.25) is 0 Å². The fourth-order valence-corrected chi connectivity index (χ4v) is 3.31. The molecule has 9 nitrogen and oxygen atoms in total. The molecule has 0 unspecified atom stereocenters. The van der Waals surface area contributed by atoms with Gasteiger partial charge in [0, 0.05) is 5.56 Å². The molecule has 0 amide bonds. The lowest BCUT2D eigenvalue weighted by Gasteiger charge is -2.14. The molecule has 0 aliphatic heterocycles. The number of hydrogen-bond donors (Lipinski definition) is 1. The van der Waals surface area contributed by atoms with Crippen LogP contribution in [0.15, 0.2) is 73.1 Å². The zero-order valence-corrected chi connectivity index (χ0v) is 19.8. The molecule has 0 fully saturated rings. The van der Waals surface area contributed by atoms with Crippen LogP contribution in [-0.2, 0) is 13.2 Å². The quantitative estimate of drug-likeness (QED) is 0.324. The van der Waals surface area contributed by atoms with Gasteiger partial charge in [0.1, 0.15) is 29.6 Å². The molecule has 37 heavy (non-hydrogen) atoms. The Morgan fingerprint density at radius 3 is 2.59 bits per heavy atom. The van der Waals surface area contributed by atoms with Crippen LogP contribution in [0, 0.1) is 6.92 Å². The van der Waals surface area contributed by atoms with Gasteiger partial charge in [-0.05, 0) is 61.4 Å². The topological polar surface area (TPSA) is 112 Å². The lowest BCUT2D eigenvalue weighted by atomic mass is 10.1. The second-order valence-corrected chi connectivity index (χ2v) is 7.99. The molecule has 2 aromatic heterocycles. The van der Waals surface area contributed by atoms with E-state index >= 15 is 0 Å². The highest BCUT2D eigenvalue weighted by atomic mass is 19.3. The number of allylic oxidation sites excluding steroid dienone is 2. The molecule has 0 saturated heterocycles. The average Bonchev–Trinajstić information content (AvgIpc) is 3.41. The predicted octanol–water partition coefficient (Wildman–Crippen LogP) is 4.72. The van der Waals surface area contributed by atoms with Crippen molar-refractivity contribution in [3.63, 3.8) is 0 Å². The van der Waals surface area contributed by atoms with Crippen LogP contribution >= 0.6 is 0 Å². The van der Waals surface area contributed by atoms with Gasteiger partial charge >= 0.3 is 17.6 Å². The van der Waals surface area contributed by atoms with E-state index in [4.69, 9.17) is 13.7 Å². The normalized spacial score (nSPS) is 12.1. The van der Waals surface area contributed by atoms with Gasteiger partial charge in [-0.15, -0.1) is 4.74 Å². The predicted molar refractivity (Wildman–Crippen MR) is 126 cm³/mol. The highest BCUT2D eigenvalue weighted by Crippen LogP contribution is 2.28. The van der Waals surface area contributed by atoms with E-state index in [-0.39, 0.29) is 24.8 Å². The first-order chi connectivity index (χ1) is 17.6. The molecule has 0 atom stereocenters. The summed E-state index contributed by atoms with van der Waals surface area (Å²) in [7, 11) is 0. The molecule has 0 aliphatic carbocycles. The van der Waals surface area contributed by atoms with E-state index in [1.807, 2.05) is 30.1 Å². The van der Waals surface area contributed by atoms with Gasteiger partial charge in [0.15, 0.2) is 6.67 Å². The Bertz CT molecular complexity index is 1520. The first kappa shape index (κ1) is 25.6. The standard InChI is InChI=1S/C25H22F3N3O6/c1-15(10-11-31-23(32)30-24(33)37-31)18-4-3-5-20(12-18)34-13-21-16(2)35-22(29-21)17-6-8-19(9-7-17)36-25(27,28)14-26/h3-10,12H,11,13-14H2,1-2H3,(H,30,32,33)/b15-10+. The molecule has 1 N–H and O–H groups in total. The maximum atomic E-state index is 13.1. The van der Waals surface area contributed by atoms with Gasteiger partial charge < -0.3 is 18.4 Å². The average molecular weight is 517 g/mol. The molecule has 0 radical (unpaired) electrons. The van der Waals surface area contributed by atoms with E-state index in [9.17, 15) is 22.8 Å². The van der Waals surface area contributed by atoms with Crippen molar-refractivity contribution in [1.82, 2.24) is 14.7 Å². The second kappa shape index (κ2) is 10.6. The molecular weight excluding hydrogens is 495 g/mol. The number of oxazole rings is 1. The third kappa shape index (κ3) is 6.40. The van der Waals surface area contributed by atoms with Gasteiger partial charge in [0.05, 0.1) is 6.54 Å². The Hall–Kier alpha value is -4.48. The van der Waals surface area contributed by atoms with Crippen LogP contribution in [-0.4, -0.2) is 27.5 Å². The number of rotatable bonds is 10. The van der Waals surface area contributed by atoms with E-state index < -0.39 is 24.2 Å². The molecule has 0 aliphatic rings. The van der Waals surface area contributed by atoms with E-state index in [1.165, 1.54) is 24.3 Å². The number of alkyl halides is 3. The van der Waals surface area contributed by atoms with Crippen molar-refractivity contribution in [2.45, 2.75) is 33.1 Å². The molecular formula is C25H22F3N3O6. The largest absolute Gasteiger partial charge is 0.487 e. The van der Waals surface area contributed by atoms with E-state index in [2.05, 4.69) is 9.72 Å². The summed E-state index contributed by atoms with van der Waals surface area (Å²) in [6, 6.07) is 12.8. The lowest BCUT2D eigenvalue weighted by Crippen LogP contribution is -2.26. The van der Waals surface area contributed by atoms with Crippen LogP contribution < -0.4 is 20.9 Å². The maximum Gasteiger partial charge on any atom is 0.440 e. The Balaban J connectivity index is 1.41. The summed E-state index contributed by atoms with van der Waals surface area (Å²) in [5.74, 6) is 0.341. The summed E-state index contributed by atoms with van der Waals surface area (Å²) in [5, 5.41) is 0. The Morgan fingerprint density at radius 1 is 1.16 bits per heavy atom. The van der Waals surface area contributed by atoms with Gasteiger partial charge in [-0.1, -0.05) is 18.2 Å². The number of aromatic amines is 1. The Morgan fingerprint density at radius 2 is 1.92 bits per heavy atom. The number of H-pyrrole nitrogens is 1. The summed E-state index contributed by atoms with van der Waals surface area (Å²) in [4.78, 5) is 29.1. The van der Waals surface area contributed by atoms with Gasteiger partial charge in [0.2, 0.25) is 5.89 Å². The van der Waals surface area contributed by atoms with Gasteiger partial charge in [0.25, 0.3) is 0 Å². The number of nitrogens with zero attached hydrogens (tertiary/aromatic N) is 2. The minimum absolute atomic E-state index is 0.0841. The SMILES string of the molecule is C/C(=C\Cn1oc(=O)[nH]c1=O)c1cccc(OCc2nc(-c3ccc(OC(F)(F)CF)cc3)oc2C)c1. The number of aromatic nitrogens is 3. The molecule has 194 valence electrons. The van der Waals surface area contributed by atoms with Crippen molar-refractivity contribution in [2.75, 3.05) is 6.67 Å². The molecule has 0 bridgehead atoms. The van der Waals surface area contributed by atoms with Crippen molar-refractivity contribution in [2.24, 2.45) is 0 Å². The molecule has 0 saturated carbocycles. The summed E-state index contributed by atoms with van der Waals surface area (Å²) in [6.45, 7) is 1.83. The van der Waals surface area contributed by atoms with Crippen molar-refractivity contribution >= 4 is 5.57 Å². The van der Waals surface area contributed by atoms with Crippen molar-refractivity contribution in [3.8, 4) is 23.0 Å². The Labute approximate surface area is 207 Å². The Kier molecular flexibility index (Phi) is 7.37. The van der Waals surface area contributed by atoms with Gasteiger partial charge in [-0.3, -0.25) is 0 Å². The fraction of sp³-hybridized carbons (Fsp3) is 0.240. The molecule has 4 rings (SSSR count).